The summed E-state index contributed by atoms with van der Waals surface area (Å²) in [5.41, 5.74) is 0. The topological polar surface area (TPSA) is 47.6 Å². The summed E-state index contributed by atoms with van der Waals surface area (Å²) in [4.78, 5) is 11.3. The Kier molecular flexibility index (Phi) is 5.78. The van der Waals surface area contributed by atoms with Gasteiger partial charge in [0.2, 0.25) is 5.91 Å². The molecule has 4 nitrogen and oxygen atoms in total. The summed E-state index contributed by atoms with van der Waals surface area (Å²) in [7, 11) is 1.61. The first kappa shape index (κ1) is 14.6. The van der Waals surface area contributed by atoms with Gasteiger partial charge >= 0.3 is 0 Å². The van der Waals surface area contributed by atoms with Crippen LogP contribution in [-0.2, 0) is 4.79 Å². The van der Waals surface area contributed by atoms with E-state index in [4.69, 9.17) is 21.1 Å². The third-order valence-corrected chi connectivity index (χ3v) is 2.52. The molecule has 0 bridgehead atoms. The molecule has 0 heterocycles. The van der Waals surface area contributed by atoms with E-state index in [2.05, 4.69) is 5.32 Å². The Labute approximate surface area is 112 Å². The minimum Gasteiger partial charge on any atom is -0.497 e. The van der Waals surface area contributed by atoms with Crippen molar-refractivity contribution in [2.45, 2.75) is 25.3 Å². The molecule has 0 saturated heterocycles. The Morgan fingerprint density at radius 2 is 1.83 bits per heavy atom. The van der Waals surface area contributed by atoms with Crippen LogP contribution in [0.25, 0.3) is 0 Å². The fraction of sp³-hybridized carbons (Fsp3) is 0.462. The molecule has 0 aromatic heterocycles. The quantitative estimate of drug-likeness (QED) is 0.807. The molecular formula is C13H18ClNO3. The summed E-state index contributed by atoms with van der Waals surface area (Å²) in [6, 6.07) is 7.28. The molecule has 0 aliphatic rings. The Morgan fingerprint density at radius 3 is 2.33 bits per heavy atom. The number of hydrogen-bond acceptors (Lipinski definition) is 3. The van der Waals surface area contributed by atoms with Crippen molar-refractivity contribution in [3.8, 4) is 11.5 Å². The highest BCUT2D eigenvalue weighted by Crippen LogP contribution is 2.17. The number of hydrogen-bond donors (Lipinski definition) is 1. The molecule has 1 amide bonds. The molecule has 0 fully saturated rings. The van der Waals surface area contributed by atoms with Gasteiger partial charge in [-0.05, 0) is 38.1 Å². The van der Waals surface area contributed by atoms with Gasteiger partial charge in [0.1, 0.15) is 23.0 Å². The number of carbonyl (C=O) groups is 1. The molecule has 100 valence electrons. The van der Waals surface area contributed by atoms with E-state index in [9.17, 15) is 4.79 Å². The molecule has 2 atom stereocenters. The highest BCUT2D eigenvalue weighted by molar-refractivity contribution is 6.30. The van der Waals surface area contributed by atoms with Crippen LogP contribution in [0.3, 0.4) is 0 Å². The second-order valence-electron chi connectivity index (χ2n) is 3.97. The minimum absolute atomic E-state index is 0.127. The average Bonchev–Trinajstić information content (AvgIpc) is 2.36. The maximum Gasteiger partial charge on any atom is 0.237 e. The van der Waals surface area contributed by atoms with Gasteiger partial charge in [-0.3, -0.25) is 4.79 Å². The van der Waals surface area contributed by atoms with Gasteiger partial charge in [0, 0.05) is 0 Å². The molecule has 0 aliphatic carbocycles. The van der Waals surface area contributed by atoms with Crippen LogP contribution in [0.2, 0.25) is 0 Å². The van der Waals surface area contributed by atoms with Gasteiger partial charge < -0.3 is 14.8 Å². The van der Waals surface area contributed by atoms with Crippen LogP contribution < -0.4 is 14.8 Å². The molecule has 18 heavy (non-hydrogen) atoms. The third kappa shape index (κ3) is 4.84. The molecule has 1 rings (SSSR count). The van der Waals surface area contributed by atoms with E-state index in [-0.39, 0.29) is 12.0 Å². The van der Waals surface area contributed by atoms with E-state index in [1.54, 1.807) is 14.0 Å². The molecule has 5 heteroatoms. The summed E-state index contributed by atoms with van der Waals surface area (Å²) < 4.78 is 10.7. The maximum absolute atomic E-state index is 11.3. The Balaban J connectivity index is 2.39. The zero-order valence-electron chi connectivity index (χ0n) is 10.8. The summed E-state index contributed by atoms with van der Waals surface area (Å²) >= 11 is 5.64. The molecule has 2 unspecified atom stereocenters. The third-order valence-electron chi connectivity index (χ3n) is 2.32. The Bertz CT molecular complexity index is 378. The number of amides is 1. The van der Waals surface area contributed by atoms with E-state index >= 15 is 0 Å². The van der Waals surface area contributed by atoms with Gasteiger partial charge in [-0.2, -0.15) is 0 Å². The monoisotopic (exact) mass is 271 g/mol. The lowest BCUT2D eigenvalue weighted by molar-refractivity contribution is -0.120. The van der Waals surface area contributed by atoms with E-state index in [1.807, 2.05) is 31.2 Å². The van der Waals surface area contributed by atoms with Gasteiger partial charge in [-0.25, -0.2) is 0 Å². The number of methoxy groups -OCH3 is 1. The van der Waals surface area contributed by atoms with Crippen molar-refractivity contribution in [2.75, 3.05) is 13.7 Å². The molecular weight excluding hydrogens is 254 g/mol. The van der Waals surface area contributed by atoms with Crippen LogP contribution >= 0.6 is 11.6 Å². The fourth-order valence-electron chi connectivity index (χ4n) is 1.31. The van der Waals surface area contributed by atoms with Crippen molar-refractivity contribution in [3.63, 3.8) is 0 Å². The fourth-order valence-corrected chi connectivity index (χ4v) is 1.39. The van der Waals surface area contributed by atoms with E-state index in [0.717, 1.165) is 11.5 Å². The highest BCUT2D eigenvalue weighted by atomic mass is 35.5. The van der Waals surface area contributed by atoms with Crippen LogP contribution in [0.4, 0.5) is 0 Å². The molecule has 0 radical (unpaired) electrons. The van der Waals surface area contributed by atoms with Gasteiger partial charge in [0.15, 0.2) is 0 Å². The zero-order valence-corrected chi connectivity index (χ0v) is 11.5. The summed E-state index contributed by atoms with van der Waals surface area (Å²) in [5.74, 6) is 1.32. The maximum atomic E-state index is 11.3. The van der Waals surface area contributed by atoms with E-state index in [1.165, 1.54) is 0 Å². The Hall–Kier alpha value is -1.42. The number of nitrogens with one attached hydrogen (secondary N) is 1. The van der Waals surface area contributed by atoms with Crippen molar-refractivity contribution in [1.29, 1.82) is 0 Å². The summed E-state index contributed by atoms with van der Waals surface area (Å²) in [6.07, 6.45) is -0.127. The van der Waals surface area contributed by atoms with Crippen molar-refractivity contribution in [3.05, 3.63) is 24.3 Å². The lowest BCUT2D eigenvalue weighted by Crippen LogP contribution is -2.36. The van der Waals surface area contributed by atoms with E-state index in [0.29, 0.717) is 6.54 Å². The largest absolute Gasteiger partial charge is 0.497 e. The van der Waals surface area contributed by atoms with Crippen molar-refractivity contribution >= 4 is 17.5 Å². The van der Waals surface area contributed by atoms with E-state index < -0.39 is 5.38 Å². The number of benzene rings is 1. The van der Waals surface area contributed by atoms with Gasteiger partial charge in [-0.15, -0.1) is 11.6 Å². The zero-order chi connectivity index (χ0) is 13.5. The van der Waals surface area contributed by atoms with Crippen LogP contribution in [0, 0.1) is 0 Å². The number of halogens is 1. The predicted molar refractivity (Wildman–Crippen MR) is 71.4 cm³/mol. The normalized spacial score (nSPS) is 13.6. The summed E-state index contributed by atoms with van der Waals surface area (Å²) in [5, 5.41) is 2.17. The van der Waals surface area contributed by atoms with Crippen LogP contribution in [0.5, 0.6) is 11.5 Å². The molecule has 0 saturated carbocycles. The first-order valence-electron chi connectivity index (χ1n) is 5.75. The lowest BCUT2D eigenvalue weighted by atomic mass is 10.3. The van der Waals surface area contributed by atoms with Crippen molar-refractivity contribution < 1.29 is 14.3 Å². The molecule has 0 aliphatic heterocycles. The smallest absolute Gasteiger partial charge is 0.237 e. The van der Waals surface area contributed by atoms with Crippen molar-refractivity contribution in [2.24, 2.45) is 0 Å². The van der Waals surface area contributed by atoms with Crippen LogP contribution in [0.1, 0.15) is 13.8 Å². The lowest BCUT2D eigenvalue weighted by Gasteiger charge is -2.16. The van der Waals surface area contributed by atoms with Gasteiger partial charge in [0.25, 0.3) is 0 Å². The van der Waals surface area contributed by atoms with Crippen molar-refractivity contribution in [1.82, 2.24) is 5.32 Å². The average molecular weight is 272 g/mol. The number of rotatable bonds is 6. The molecule has 1 N–H and O–H groups in total. The van der Waals surface area contributed by atoms with Crippen LogP contribution in [0.15, 0.2) is 24.3 Å². The van der Waals surface area contributed by atoms with Gasteiger partial charge in [0.05, 0.1) is 13.7 Å². The SMILES string of the molecule is COc1ccc(OC(C)CNC(=O)C(C)Cl)cc1. The molecule has 1 aromatic rings. The second kappa shape index (κ2) is 7.11. The first-order chi connectivity index (χ1) is 8.52. The van der Waals surface area contributed by atoms with Crippen LogP contribution in [-0.4, -0.2) is 31.0 Å². The van der Waals surface area contributed by atoms with Gasteiger partial charge in [-0.1, -0.05) is 0 Å². The standard InChI is InChI=1S/C13H18ClNO3/c1-9(8-15-13(16)10(2)14)18-12-6-4-11(17-3)5-7-12/h4-7,9-10H,8H2,1-3H3,(H,15,16). The number of ether oxygens (including phenoxy) is 2. The Morgan fingerprint density at radius 1 is 1.28 bits per heavy atom. The highest BCUT2D eigenvalue weighted by Gasteiger charge is 2.11. The predicted octanol–water partition coefficient (Wildman–Crippen LogP) is 2.21. The molecule has 0 spiro atoms. The number of carbonyl (C=O) groups excluding carboxylic acids is 1. The molecule has 1 aromatic carbocycles. The number of alkyl halides is 1. The second-order valence-corrected chi connectivity index (χ2v) is 4.62. The first-order valence-corrected chi connectivity index (χ1v) is 6.19. The minimum atomic E-state index is -0.529. The summed E-state index contributed by atoms with van der Waals surface area (Å²) in [6.45, 7) is 3.93.